The van der Waals surface area contributed by atoms with E-state index in [0.717, 1.165) is 19.4 Å². The second-order valence-electron chi connectivity index (χ2n) is 2.61. The van der Waals surface area contributed by atoms with E-state index in [0.29, 0.717) is 0 Å². The summed E-state index contributed by atoms with van der Waals surface area (Å²) in [7, 11) is -0.907. The van der Waals surface area contributed by atoms with Crippen LogP contribution in [-0.4, -0.2) is 25.4 Å². The molecule has 1 N–H and O–H groups in total. The molecule has 0 radical (unpaired) electrons. The quantitative estimate of drug-likeness (QED) is 0.532. The van der Waals surface area contributed by atoms with Crippen molar-refractivity contribution in [1.82, 2.24) is 4.73 Å². The number of hydrogen-bond acceptors (Lipinski definition) is 2. The van der Waals surface area contributed by atoms with Gasteiger partial charge in [-0.15, -0.1) is 12.4 Å². The van der Waals surface area contributed by atoms with Gasteiger partial charge >= 0.3 is 0 Å². The average molecular weight is 184 g/mol. The zero-order chi connectivity index (χ0) is 7.28. The molecule has 0 aliphatic rings. The third-order valence-corrected chi connectivity index (χ3v) is 2.79. The van der Waals surface area contributed by atoms with E-state index in [2.05, 4.69) is 20.0 Å². The minimum Gasteiger partial charge on any atom is -0.322 e. The van der Waals surface area contributed by atoms with Gasteiger partial charge in [-0.1, -0.05) is 26.4 Å². The normalized spacial score (nSPS) is 10.2. The fourth-order valence-corrected chi connectivity index (χ4v) is 1.28. The van der Waals surface area contributed by atoms with E-state index in [-0.39, 0.29) is 12.4 Å². The molecule has 0 rings (SSSR count). The van der Waals surface area contributed by atoms with E-state index < -0.39 is 8.96 Å². The Balaban J connectivity index is 0. The molecule has 0 bridgehead atoms. The van der Waals surface area contributed by atoms with Crippen LogP contribution in [0.5, 0.6) is 0 Å². The van der Waals surface area contributed by atoms with E-state index in [9.17, 15) is 0 Å². The smallest absolute Gasteiger partial charge is 0.138 e. The number of rotatable bonds is 4. The third kappa shape index (κ3) is 6.55. The Labute approximate surface area is 71.3 Å². The summed E-state index contributed by atoms with van der Waals surface area (Å²) in [6.07, 6.45) is 2.28. The van der Waals surface area contributed by atoms with Gasteiger partial charge in [0.2, 0.25) is 0 Å². The molecule has 2 nitrogen and oxygen atoms in total. The Hall–Kier alpha value is 0.427. The maximum Gasteiger partial charge on any atom is 0.138 e. The summed E-state index contributed by atoms with van der Waals surface area (Å²) >= 11 is 0. The molecule has 0 aromatic rings. The van der Waals surface area contributed by atoms with E-state index >= 15 is 0 Å². The summed E-state index contributed by atoms with van der Waals surface area (Å²) in [5, 5.41) is 9.15. The molecule has 0 saturated heterocycles. The lowest BCUT2D eigenvalue weighted by Gasteiger charge is -2.16. The van der Waals surface area contributed by atoms with Crippen molar-refractivity contribution in [3.05, 3.63) is 0 Å². The molecule has 0 aliphatic heterocycles. The van der Waals surface area contributed by atoms with Gasteiger partial charge in [0.1, 0.15) is 8.96 Å². The summed E-state index contributed by atoms with van der Waals surface area (Å²) in [4.78, 5) is 0. The molecular formula is C6H18ClNOSi. The van der Waals surface area contributed by atoms with Gasteiger partial charge in [0, 0.05) is 6.54 Å². The van der Waals surface area contributed by atoms with Gasteiger partial charge in [0.25, 0.3) is 0 Å². The molecule has 0 aromatic carbocycles. The number of hydrogen-bond donors (Lipinski definition) is 1. The molecule has 0 amide bonds. The van der Waals surface area contributed by atoms with Gasteiger partial charge in [-0.05, 0) is 6.42 Å². The van der Waals surface area contributed by atoms with Gasteiger partial charge in [0.15, 0.2) is 0 Å². The fourth-order valence-electron chi connectivity index (χ4n) is 0.578. The predicted molar refractivity (Wildman–Crippen MR) is 49.5 cm³/mol. The van der Waals surface area contributed by atoms with Crippen molar-refractivity contribution in [2.24, 2.45) is 0 Å². The van der Waals surface area contributed by atoms with Crippen molar-refractivity contribution in [2.75, 3.05) is 6.54 Å². The van der Waals surface area contributed by atoms with Gasteiger partial charge in [-0.25, -0.2) is 4.73 Å². The minimum atomic E-state index is -0.907. The first-order valence-corrected chi connectivity index (χ1v) is 6.46. The first-order chi connectivity index (χ1) is 4.18. The first kappa shape index (κ1) is 13.0. The summed E-state index contributed by atoms with van der Waals surface area (Å²) in [6.45, 7) is 7.24. The number of hydroxylamine groups is 1. The first-order valence-electron chi connectivity index (χ1n) is 3.64. The van der Waals surface area contributed by atoms with Crippen molar-refractivity contribution in [1.29, 1.82) is 0 Å². The largest absolute Gasteiger partial charge is 0.322 e. The number of nitrogens with zero attached hydrogens (tertiary/aromatic N) is 1. The zero-order valence-electron chi connectivity index (χ0n) is 7.00. The van der Waals surface area contributed by atoms with Crippen molar-refractivity contribution in [2.45, 2.75) is 32.9 Å². The van der Waals surface area contributed by atoms with Crippen LogP contribution in [0.1, 0.15) is 19.8 Å². The molecule has 0 aromatic heterocycles. The Morgan fingerprint density at radius 2 is 1.90 bits per heavy atom. The predicted octanol–water partition coefficient (Wildman–Crippen LogP) is 1.88. The molecule has 0 atom stereocenters. The molecule has 4 heteroatoms. The van der Waals surface area contributed by atoms with Crippen LogP contribution in [0, 0.1) is 0 Å². The molecule has 0 saturated carbocycles. The molecule has 10 heavy (non-hydrogen) atoms. The van der Waals surface area contributed by atoms with E-state index in [1.165, 1.54) is 4.73 Å². The number of halogens is 1. The van der Waals surface area contributed by atoms with Crippen LogP contribution < -0.4 is 0 Å². The lowest BCUT2D eigenvalue weighted by molar-refractivity contribution is -0.00557. The molecule has 0 spiro atoms. The van der Waals surface area contributed by atoms with Gasteiger partial charge < -0.3 is 5.21 Å². The van der Waals surface area contributed by atoms with Crippen molar-refractivity contribution >= 4 is 21.4 Å². The summed E-state index contributed by atoms with van der Waals surface area (Å²) in [5.74, 6) is 0. The molecule has 0 heterocycles. The van der Waals surface area contributed by atoms with Crippen molar-refractivity contribution in [3.8, 4) is 0 Å². The number of unbranched alkanes of at least 4 members (excludes halogenated alkanes) is 1. The molecule has 0 aliphatic carbocycles. The second kappa shape index (κ2) is 7.53. The summed E-state index contributed by atoms with van der Waals surface area (Å²) in [5.41, 5.74) is 0. The maximum atomic E-state index is 9.15. The monoisotopic (exact) mass is 183 g/mol. The average Bonchev–Trinajstić information content (AvgIpc) is 1.82. The molecule has 0 fully saturated rings. The SMILES string of the molecule is CCCCN(O)[SiH](C)C.Cl. The summed E-state index contributed by atoms with van der Waals surface area (Å²) in [6, 6.07) is 0. The molecular weight excluding hydrogens is 166 g/mol. The van der Waals surface area contributed by atoms with Gasteiger partial charge in [0.05, 0.1) is 0 Å². The van der Waals surface area contributed by atoms with Crippen LogP contribution in [-0.2, 0) is 0 Å². The van der Waals surface area contributed by atoms with Crippen LogP contribution in [0.2, 0.25) is 13.1 Å². The van der Waals surface area contributed by atoms with Crippen molar-refractivity contribution in [3.63, 3.8) is 0 Å². The maximum absolute atomic E-state index is 9.15. The Bertz CT molecular complexity index is 72.8. The third-order valence-electron chi connectivity index (χ3n) is 1.34. The Morgan fingerprint density at radius 1 is 1.40 bits per heavy atom. The highest BCUT2D eigenvalue weighted by Gasteiger charge is 2.03. The van der Waals surface area contributed by atoms with Gasteiger partial charge in [-0.3, -0.25) is 0 Å². The lowest BCUT2D eigenvalue weighted by Crippen LogP contribution is -2.31. The van der Waals surface area contributed by atoms with Crippen LogP contribution in [0.15, 0.2) is 0 Å². The topological polar surface area (TPSA) is 23.5 Å². The zero-order valence-corrected chi connectivity index (χ0v) is 8.97. The molecule has 64 valence electrons. The standard InChI is InChI=1S/C6H17NOSi.ClH/c1-4-5-6-7(8)9(2)3;/h8-9H,4-6H2,1-3H3;1H. The van der Waals surface area contributed by atoms with Crippen LogP contribution in [0.4, 0.5) is 0 Å². The highest BCUT2D eigenvalue weighted by atomic mass is 35.5. The lowest BCUT2D eigenvalue weighted by atomic mass is 10.3. The summed E-state index contributed by atoms with van der Waals surface area (Å²) < 4.78 is 1.52. The van der Waals surface area contributed by atoms with Crippen LogP contribution >= 0.6 is 12.4 Å². The van der Waals surface area contributed by atoms with E-state index in [1.54, 1.807) is 0 Å². The Kier molecular flexibility index (Phi) is 9.83. The van der Waals surface area contributed by atoms with Crippen molar-refractivity contribution < 1.29 is 5.21 Å². The van der Waals surface area contributed by atoms with E-state index in [4.69, 9.17) is 5.21 Å². The molecule has 0 unspecified atom stereocenters. The van der Waals surface area contributed by atoms with Crippen LogP contribution in [0.25, 0.3) is 0 Å². The Morgan fingerprint density at radius 3 is 2.20 bits per heavy atom. The van der Waals surface area contributed by atoms with E-state index in [1.807, 2.05) is 0 Å². The highest BCUT2D eigenvalue weighted by molar-refractivity contribution is 6.52. The van der Waals surface area contributed by atoms with Crippen LogP contribution in [0.3, 0.4) is 0 Å². The highest BCUT2D eigenvalue weighted by Crippen LogP contribution is 1.93. The minimum absolute atomic E-state index is 0. The fraction of sp³-hybridized carbons (Fsp3) is 1.00. The second-order valence-corrected chi connectivity index (χ2v) is 5.39. The van der Waals surface area contributed by atoms with Gasteiger partial charge in [-0.2, -0.15) is 0 Å².